The SMILES string of the molecule is Cl.Cl.[2H]C([2H])(N1CC=C(c2ccccn2)CC1)C([2H])([2H])C([2H])([2H])C([2H])([2H])N1C(=O)c2ccccc2OC=C1Cl. The topological polar surface area (TPSA) is 45.7 Å². The summed E-state index contributed by atoms with van der Waals surface area (Å²) in [5, 5.41) is -0.618. The Morgan fingerprint density at radius 3 is 2.61 bits per heavy atom. The van der Waals surface area contributed by atoms with Crippen LogP contribution in [0, 0.1) is 0 Å². The van der Waals surface area contributed by atoms with E-state index in [1.54, 1.807) is 30.5 Å². The van der Waals surface area contributed by atoms with Gasteiger partial charge in [-0.25, -0.2) is 0 Å². The number of carbonyl (C=O) groups is 1. The number of carbonyl (C=O) groups excluding carboxylic acids is 1. The number of para-hydroxylation sites is 1. The highest BCUT2D eigenvalue weighted by Gasteiger charge is 2.25. The second-order valence-electron chi connectivity index (χ2n) is 6.31. The Labute approximate surface area is 211 Å². The highest BCUT2D eigenvalue weighted by atomic mass is 35.5. The van der Waals surface area contributed by atoms with Crippen LogP contribution in [-0.2, 0) is 0 Å². The van der Waals surface area contributed by atoms with Crippen molar-refractivity contribution in [2.75, 3.05) is 26.1 Å². The molecule has 4 rings (SSSR count). The molecule has 0 fully saturated rings. The van der Waals surface area contributed by atoms with E-state index in [0.717, 1.165) is 16.7 Å². The van der Waals surface area contributed by atoms with Gasteiger partial charge < -0.3 is 4.74 Å². The van der Waals surface area contributed by atoms with Crippen LogP contribution in [0.5, 0.6) is 5.75 Å². The van der Waals surface area contributed by atoms with Crippen LogP contribution >= 0.6 is 36.4 Å². The molecule has 1 aromatic heterocycles. The van der Waals surface area contributed by atoms with Gasteiger partial charge in [-0.05, 0) is 55.5 Å². The van der Waals surface area contributed by atoms with Gasteiger partial charge in [-0.3, -0.25) is 19.6 Å². The lowest BCUT2D eigenvalue weighted by atomic mass is 10.0. The van der Waals surface area contributed by atoms with Crippen molar-refractivity contribution in [1.82, 2.24) is 14.8 Å². The lowest BCUT2D eigenvalue weighted by Crippen LogP contribution is -2.31. The largest absolute Gasteiger partial charge is 0.461 e. The molecule has 1 amide bonds. The number of aromatic nitrogens is 1. The number of hydrogen-bond acceptors (Lipinski definition) is 4. The van der Waals surface area contributed by atoms with Gasteiger partial charge in [-0.2, -0.15) is 0 Å². The van der Waals surface area contributed by atoms with Gasteiger partial charge >= 0.3 is 0 Å². The van der Waals surface area contributed by atoms with E-state index < -0.39 is 36.8 Å². The minimum absolute atomic E-state index is 0. The first-order chi connectivity index (χ1) is 17.2. The first-order valence-electron chi connectivity index (χ1n) is 13.0. The Kier molecular flexibility index (Phi) is 6.13. The van der Waals surface area contributed by atoms with Gasteiger partial charge in [0.05, 0.1) is 11.3 Å². The summed E-state index contributed by atoms with van der Waals surface area (Å²) in [6.45, 7) is -6.42. The molecule has 0 radical (unpaired) electrons. The summed E-state index contributed by atoms with van der Waals surface area (Å²) in [6, 6.07) is 11.3. The molecule has 0 aliphatic carbocycles. The Balaban J connectivity index is 0.00000267. The van der Waals surface area contributed by atoms with Crippen LogP contribution in [0.2, 0.25) is 0 Å². The van der Waals surface area contributed by atoms with Gasteiger partial charge in [0, 0.05) is 36.7 Å². The zero-order valence-electron chi connectivity index (χ0n) is 24.2. The predicted octanol–water partition coefficient (Wildman–Crippen LogP) is 5.37. The average Bonchev–Trinajstić information content (AvgIpc) is 3.00. The van der Waals surface area contributed by atoms with Gasteiger partial charge in [0.25, 0.3) is 5.91 Å². The molecule has 3 heterocycles. The molecule has 0 N–H and O–H groups in total. The van der Waals surface area contributed by atoms with Crippen LogP contribution in [0.4, 0.5) is 0 Å². The monoisotopic (exact) mass is 489 g/mol. The molecule has 2 aromatic rings. The summed E-state index contributed by atoms with van der Waals surface area (Å²) in [5.41, 5.74) is 1.44. The molecule has 0 saturated heterocycles. The molecule has 31 heavy (non-hydrogen) atoms. The second kappa shape index (κ2) is 12.1. The summed E-state index contributed by atoms with van der Waals surface area (Å²) in [4.78, 5) is 18.9. The quantitative estimate of drug-likeness (QED) is 0.511. The molecule has 1 aromatic carbocycles. The van der Waals surface area contributed by atoms with Crippen LogP contribution in [0.1, 0.15) is 46.2 Å². The summed E-state index contributed by atoms with van der Waals surface area (Å²) in [5.74, 6) is -0.993. The number of amides is 1. The standard InChI is InChI=1S/C23H24ClN3O2.2ClH/c24-22-17-29-21-9-2-1-7-19(21)23(28)27(22)14-6-5-13-26-15-10-18(11-16-26)20-8-3-4-12-25-20;;/h1-4,7-10,12,17H,5-6,11,13-16H2;2*1H/i5D2,6D2,13D2,14D2;;. The maximum atomic E-state index is 13.3. The first kappa shape index (κ1) is 15.7. The number of halogens is 3. The second-order valence-corrected chi connectivity index (χ2v) is 6.70. The van der Waals surface area contributed by atoms with Gasteiger partial charge in [-0.1, -0.05) is 35.9 Å². The van der Waals surface area contributed by atoms with E-state index in [2.05, 4.69) is 4.98 Å². The van der Waals surface area contributed by atoms with Crippen molar-refractivity contribution in [1.29, 1.82) is 0 Å². The number of pyridine rings is 1. The normalized spacial score (nSPS) is 21.7. The first-order valence-corrected chi connectivity index (χ1v) is 9.42. The molecular formula is C23H26Cl3N3O2. The molecule has 5 nitrogen and oxygen atoms in total. The molecule has 0 unspecified atom stereocenters. The molecule has 8 heteroatoms. The van der Waals surface area contributed by atoms with Crippen molar-refractivity contribution in [2.24, 2.45) is 0 Å². The van der Waals surface area contributed by atoms with Crippen LogP contribution in [0.3, 0.4) is 0 Å². The summed E-state index contributed by atoms with van der Waals surface area (Å²) in [6.07, 6.45) is -2.53. The Bertz CT molecular complexity index is 1260. The Morgan fingerprint density at radius 1 is 1.10 bits per heavy atom. The number of nitrogens with zero attached hydrogens (tertiary/aromatic N) is 3. The van der Waals surface area contributed by atoms with E-state index in [4.69, 9.17) is 27.3 Å². The highest BCUT2D eigenvalue weighted by Crippen LogP contribution is 2.27. The van der Waals surface area contributed by atoms with Crippen LogP contribution in [0.15, 0.2) is 66.2 Å². The predicted molar refractivity (Wildman–Crippen MR) is 129 cm³/mol. The summed E-state index contributed by atoms with van der Waals surface area (Å²) in [7, 11) is 0. The maximum Gasteiger partial charge on any atom is 0.262 e. The van der Waals surface area contributed by atoms with Gasteiger partial charge in [-0.15, -0.1) is 24.8 Å². The summed E-state index contributed by atoms with van der Waals surface area (Å²) >= 11 is 6.14. The Hall–Kier alpha value is -2.05. The average molecular weight is 491 g/mol. The third-order valence-electron chi connectivity index (χ3n) is 4.46. The molecule has 0 saturated carbocycles. The van der Waals surface area contributed by atoms with Crippen molar-refractivity contribution in [2.45, 2.75) is 19.2 Å². The van der Waals surface area contributed by atoms with Crippen LogP contribution in [-0.4, -0.2) is 46.8 Å². The number of fused-ring (bicyclic) bond motifs is 1. The van der Waals surface area contributed by atoms with E-state index in [0.29, 0.717) is 12.1 Å². The lowest BCUT2D eigenvalue weighted by molar-refractivity contribution is 0.0814. The number of ether oxygens (including phenoxy) is 1. The zero-order chi connectivity index (χ0) is 27.2. The van der Waals surface area contributed by atoms with E-state index >= 15 is 0 Å². The third kappa shape index (κ3) is 6.23. The molecule has 2 aliphatic rings. The van der Waals surface area contributed by atoms with Crippen molar-refractivity contribution in [3.63, 3.8) is 0 Å². The molecule has 0 bridgehead atoms. The third-order valence-corrected chi connectivity index (χ3v) is 4.72. The van der Waals surface area contributed by atoms with Gasteiger partial charge in [0.15, 0.2) is 0 Å². The van der Waals surface area contributed by atoms with Crippen molar-refractivity contribution >= 4 is 47.9 Å². The molecule has 166 valence electrons. The zero-order valence-corrected chi connectivity index (χ0v) is 18.6. The number of rotatable bonds is 6. The van der Waals surface area contributed by atoms with Gasteiger partial charge in [0.1, 0.15) is 17.2 Å². The minimum Gasteiger partial charge on any atom is -0.461 e. The highest BCUT2D eigenvalue weighted by molar-refractivity contribution is 6.30. The van der Waals surface area contributed by atoms with E-state index in [9.17, 15) is 4.79 Å². The van der Waals surface area contributed by atoms with Crippen molar-refractivity contribution in [3.05, 3.63) is 77.4 Å². The molecular weight excluding hydrogens is 457 g/mol. The smallest absolute Gasteiger partial charge is 0.262 e. The molecule has 2 aliphatic heterocycles. The summed E-state index contributed by atoms with van der Waals surface area (Å²) < 4.78 is 73.9. The van der Waals surface area contributed by atoms with Crippen LogP contribution < -0.4 is 4.74 Å². The maximum absolute atomic E-state index is 13.3. The molecule has 0 spiro atoms. The van der Waals surface area contributed by atoms with E-state index in [1.165, 1.54) is 18.2 Å². The van der Waals surface area contributed by atoms with E-state index in [-0.39, 0.29) is 54.1 Å². The van der Waals surface area contributed by atoms with Crippen LogP contribution in [0.25, 0.3) is 5.57 Å². The van der Waals surface area contributed by atoms with Crippen molar-refractivity contribution < 1.29 is 20.5 Å². The fourth-order valence-electron chi connectivity index (χ4n) is 2.98. The fourth-order valence-corrected chi connectivity index (χ4v) is 3.14. The number of benzene rings is 1. The van der Waals surface area contributed by atoms with E-state index in [1.807, 2.05) is 6.07 Å². The molecule has 0 atom stereocenters. The minimum atomic E-state index is -3.59. The lowest BCUT2D eigenvalue weighted by Gasteiger charge is -2.26. The Morgan fingerprint density at radius 2 is 1.87 bits per heavy atom. The van der Waals surface area contributed by atoms with Gasteiger partial charge in [0.2, 0.25) is 0 Å². The fraction of sp³-hybridized carbons (Fsp3) is 0.304. The van der Waals surface area contributed by atoms with Crippen molar-refractivity contribution in [3.8, 4) is 5.75 Å². The number of hydrogen-bond donors (Lipinski definition) is 0.